The Labute approximate surface area is 121 Å². The molecule has 0 amide bonds. The molecule has 0 saturated carbocycles. The Morgan fingerprint density at radius 3 is 2.10 bits per heavy atom. The number of anilines is 1. The zero-order chi connectivity index (χ0) is 14.6. The van der Waals surface area contributed by atoms with Gasteiger partial charge in [-0.15, -0.1) is 0 Å². The van der Waals surface area contributed by atoms with Crippen LogP contribution in [0, 0.1) is 0 Å². The number of benzene rings is 2. The van der Waals surface area contributed by atoms with Crippen molar-refractivity contribution in [2.45, 2.75) is 26.2 Å². The van der Waals surface area contributed by atoms with Crippen molar-refractivity contribution in [1.29, 1.82) is 0 Å². The standard InChI is InChI=1S/C10H15N.C8H8O/c1-3-4-9-5-7-10(11-2)8-6-9;9-7-6-8-4-2-1-3-5-8/h5-8,11H,3-4H2,1-2H3;1-5,7H,6H2. The summed E-state index contributed by atoms with van der Waals surface area (Å²) in [4.78, 5) is 9.97. The summed E-state index contributed by atoms with van der Waals surface area (Å²) in [5, 5.41) is 3.10. The summed E-state index contributed by atoms with van der Waals surface area (Å²) in [7, 11) is 1.94. The van der Waals surface area contributed by atoms with Crippen molar-refractivity contribution in [2.24, 2.45) is 0 Å². The van der Waals surface area contributed by atoms with Gasteiger partial charge in [0, 0.05) is 19.2 Å². The highest BCUT2D eigenvalue weighted by Gasteiger charge is 1.90. The zero-order valence-electron chi connectivity index (χ0n) is 12.3. The van der Waals surface area contributed by atoms with Crippen molar-refractivity contribution in [3.8, 4) is 0 Å². The van der Waals surface area contributed by atoms with E-state index in [1.807, 2.05) is 37.4 Å². The topological polar surface area (TPSA) is 29.1 Å². The van der Waals surface area contributed by atoms with E-state index >= 15 is 0 Å². The van der Waals surface area contributed by atoms with Crippen LogP contribution in [0.2, 0.25) is 0 Å². The molecule has 0 fully saturated rings. The molecule has 1 N–H and O–H groups in total. The molecule has 0 aliphatic carbocycles. The number of carbonyl (C=O) groups is 1. The Bertz CT molecular complexity index is 477. The van der Waals surface area contributed by atoms with Crippen LogP contribution in [-0.4, -0.2) is 13.3 Å². The van der Waals surface area contributed by atoms with Gasteiger partial charge in [0.05, 0.1) is 0 Å². The number of hydrogen-bond donors (Lipinski definition) is 1. The lowest BCUT2D eigenvalue weighted by Crippen LogP contribution is -1.88. The lowest BCUT2D eigenvalue weighted by atomic mass is 10.1. The van der Waals surface area contributed by atoms with Crippen LogP contribution in [0.4, 0.5) is 5.69 Å². The van der Waals surface area contributed by atoms with Crippen molar-refractivity contribution in [3.63, 3.8) is 0 Å². The summed E-state index contributed by atoms with van der Waals surface area (Å²) in [6.07, 6.45) is 3.85. The van der Waals surface area contributed by atoms with Gasteiger partial charge in [0.2, 0.25) is 0 Å². The number of rotatable bonds is 5. The molecular weight excluding hydrogens is 246 g/mol. The van der Waals surface area contributed by atoms with Crippen LogP contribution in [0.25, 0.3) is 0 Å². The molecule has 0 atom stereocenters. The Balaban J connectivity index is 0.000000204. The van der Waals surface area contributed by atoms with Gasteiger partial charge >= 0.3 is 0 Å². The second-order valence-corrected chi connectivity index (χ2v) is 4.55. The molecule has 2 heteroatoms. The summed E-state index contributed by atoms with van der Waals surface area (Å²) in [6, 6.07) is 18.3. The number of aryl methyl sites for hydroxylation is 1. The predicted octanol–water partition coefficient (Wildman–Crippen LogP) is 4.11. The highest BCUT2D eigenvalue weighted by Crippen LogP contribution is 2.09. The van der Waals surface area contributed by atoms with E-state index in [1.165, 1.54) is 24.1 Å². The summed E-state index contributed by atoms with van der Waals surface area (Å²) >= 11 is 0. The molecule has 0 bridgehead atoms. The summed E-state index contributed by atoms with van der Waals surface area (Å²) in [5.41, 5.74) is 3.68. The molecule has 0 aromatic heterocycles. The first-order chi connectivity index (χ1) is 9.80. The summed E-state index contributed by atoms with van der Waals surface area (Å²) < 4.78 is 0. The molecule has 2 aromatic rings. The Morgan fingerprint density at radius 2 is 1.60 bits per heavy atom. The first-order valence-corrected chi connectivity index (χ1v) is 7.04. The van der Waals surface area contributed by atoms with E-state index in [9.17, 15) is 4.79 Å². The van der Waals surface area contributed by atoms with Crippen LogP contribution in [-0.2, 0) is 17.6 Å². The van der Waals surface area contributed by atoms with Crippen LogP contribution < -0.4 is 5.32 Å². The molecule has 0 aliphatic heterocycles. The number of hydrogen-bond acceptors (Lipinski definition) is 2. The highest BCUT2D eigenvalue weighted by atomic mass is 16.1. The van der Waals surface area contributed by atoms with E-state index in [0.29, 0.717) is 6.42 Å². The van der Waals surface area contributed by atoms with Crippen molar-refractivity contribution in [1.82, 2.24) is 0 Å². The van der Waals surface area contributed by atoms with Crippen molar-refractivity contribution >= 4 is 12.0 Å². The van der Waals surface area contributed by atoms with Crippen LogP contribution in [0.15, 0.2) is 54.6 Å². The SMILES string of the molecule is CCCc1ccc(NC)cc1.O=CCc1ccccc1. The number of aldehydes is 1. The van der Waals surface area contributed by atoms with Crippen LogP contribution in [0.3, 0.4) is 0 Å². The average molecular weight is 269 g/mol. The minimum absolute atomic E-state index is 0.529. The molecule has 20 heavy (non-hydrogen) atoms. The smallest absolute Gasteiger partial charge is 0.124 e. The minimum atomic E-state index is 0.529. The van der Waals surface area contributed by atoms with Crippen LogP contribution in [0.5, 0.6) is 0 Å². The Morgan fingerprint density at radius 1 is 0.950 bits per heavy atom. The van der Waals surface area contributed by atoms with Gasteiger partial charge in [-0.2, -0.15) is 0 Å². The van der Waals surface area contributed by atoms with Crippen LogP contribution >= 0.6 is 0 Å². The lowest BCUT2D eigenvalue weighted by Gasteiger charge is -2.01. The van der Waals surface area contributed by atoms with E-state index in [4.69, 9.17) is 0 Å². The maximum Gasteiger partial charge on any atom is 0.124 e. The fourth-order valence-electron chi connectivity index (χ4n) is 1.84. The summed E-state index contributed by atoms with van der Waals surface area (Å²) in [6.45, 7) is 2.20. The highest BCUT2D eigenvalue weighted by molar-refractivity contribution is 5.54. The van der Waals surface area contributed by atoms with E-state index in [-0.39, 0.29) is 0 Å². The molecule has 106 valence electrons. The average Bonchev–Trinajstić information content (AvgIpc) is 2.50. The third-order valence-electron chi connectivity index (χ3n) is 2.94. The quantitative estimate of drug-likeness (QED) is 0.828. The van der Waals surface area contributed by atoms with Crippen molar-refractivity contribution in [2.75, 3.05) is 12.4 Å². The maximum atomic E-state index is 9.97. The maximum absolute atomic E-state index is 9.97. The van der Waals surface area contributed by atoms with Gasteiger partial charge in [-0.25, -0.2) is 0 Å². The molecule has 0 spiro atoms. The van der Waals surface area contributed by atoms with E-state index in [0.717, 1.165) is 11.8 Å². The Kier molecular flexibility index (Phi) is 7.82. The van der Waals surface area contributed by atoms with Gasteiger partial charge in [0.1, 0.15) is 6.29 Å². The monoisotopic (exact) mass is 269 g/mol. The van der Waals surface area contributed by atoms with Crippen molar-refractivity contribution in [3.05, 3.63) is 65.7 Å². The van der Waals surface area contributed by atoms with Crippen molar-refractivity contribution < 1.29 is 4.79 Å². The molecule has 2 aromatic carbocycles. The summed E-state index contributed by atoms with van der Waals surface area (Å²) in [5.74, 6) is 0. The fourth-order valence-corrected chi connectivity index (χ4v) is 1.84. The normalized spacial score (nSPS) is 9.30. The van der Waals surface area contributed by atoms with Gasteiger partial charge in [-0.05, 0) is 29.7 Å². The lowest BCUT2D eigenvalue weighted by molar-refractivity contribution is -0.107. The molecule has 0 heterocycles. The largest absolute Gasteiger partial charge is 0.388 e. The van der Waals surface area contributed by atoms with E-state index < -0.39 is 0 Å². The molecule has 0 unspecified atom stereocenters. The van der Waals surface area contributed by atoms with Gasteiger partial charge in [-0.1, -0.05) is 55.8 Å². The minimum Gasteiger partial charge on any atom is -0.388 e. The molecule has 0 radical (unpaired) electrons. The van der Waals surface area contributed by atoms with Gasteiger partial charge in [0.25, 0.3) is 0 Å². The molecular formula is C18H23NO. The third-order valence-corrected chi connectivity index (χ3v) is 2.94. The second-order valence-electron chi connectivity index (χ2n) is 4.55. The molecule has 0 aliphatic rings. The van der Waals surface area contributed by atoms with E-state index in [1.54, 1.807) is 0 Å². The number of carbonyl (C=O) groups excluding carboxylic acids is 1. The second kappa shape index (κ2) is 9.79. The van der Waals surface area contributed by atoms with Gasteiger partial charge < -0.3 is 10.1 Å². The molecule has 0 saturated heterocycles. The number of nitrogens with one attached hydrogen (secondary N) is 1. The fraction of sp³-hybridized carbons (Fsp3) is 0.278. The molecule has 2 nitrogen and oxygen atoms in total. The first kappa shape index (κ1) is 16.0. The van der Waals surface area contributed by atoms with Gasteiger partial charge in [-0.3, -0.25) is 0 Å². The zero-order valence-corrected chi connectivity index (χ0v) is 12.3. The third kappa shape index (κ3) is 6.19. The van der Waals surface area contributed by atoms with Gasteiger partial charge in [0.15, 0.2) is 0 Å². The Hall–Kier alpha value is -2.09. The predicted molar refractivity (Wildman–Crippen MR) is 86.2 cm³/mol. The first-order valence-electron chi connectivity index (χ1n) is 7.04. The van der Waals surface area contributed by atoms with E-state index in [2.05, 4.69) is 36.5 Å². The molecule has 2 rings (SSSR count). The van der Waals surface area contributed by atoms with Crippen LogP contribution in [0.1, 0.15) is 24.5 Å².